The lowest BCUT2D eigenvalue weighted by Crippen LogP contribution is -2.41. The molecule has 0 amide bonds. The molecule has 0 saturated carbocycles. The summed E-state index contributed by atoms with van der Waals surface area (Å²) in [4.78, 5) is 4.88. The molecule has 0 bridgehead atoms. The minimum Gasteiger partial charge on any atom is -0.371 e. The molecular weight excluding hydrogens is 258 g/mol. The van der Waals surface area contributed by atoms with Crippen LogP contribution in [0, 0.1) is 0 Å². The highest BCUT2D eigenvalue weighted by Crippen LogP contribution is 2.23. The third-order valence-electron chi connectivity index (χ3n) is 4.65. The zero-order valence-corrected chi connectivity index (χ0v) is 14.1. The standard InChI is InChI=1S/C18H31N3/c1-5-12-19-15(2)16-6-8-18(9-7-16)21-13-10-17(11-14-21)20(3)4/h6-9,15,17,19H,5,10-14H2,1-4H3. The van der Waals surface area contributed by atoms with Crippen LogP contribution in [0.4, 0.5) is 5.69 Å². The van der Waals surface area contributed by atoms with Gasteiger partial charge in [0.1, 0.15) is 0 Å². The molecule has 1 N–H and O–H groups in total. The molecule has 1 aromatic carbocycles. The summed E-state index contributed by atoms with van der Waals surface area (Å²) in [7, 11) is 4.39. The Labute approximate surface area is 130 Å². The van der Waals surface area contributed by atoms with E-state index in [0.29, 0.717) is 6.04 Å². The van der Waals surface area contributed by atoms with Crippen LogP contribution in [-0.4, -0.2) is 44.7 Å². The maximum absolute atomic E-state index is 3.55. The van der Waals surface area contributed by atoms with Gasteiger partial charge in [-0.3, -0.25) is 0 Å². The Bertz CT molecular complexity index is 405. The van der Waals surface area contributed by atoms with Crippen LogP contribution in [0.15, 0.2) is 24.3 Å². The minimum absolute atomic E-state index is 0.443. The molecule has 1 aliphatic heterocycles. The molecule has 118 valence electrons. The summed E-state index contributed by atoms with van der Waals surface area (Å²) in [5, 5.41) is 3.55. The first-order valence-electron chi connectivity index (χ1n) is 8.36. The van der Waals surface area contributed by atoms with Gasteiger partial charge in [0.2, 0.25) is 0 Å². The van der Waals surface area contributed by atoms with Crippen molar-refractivity contribution in [2.75, 3.05) is 38.6 Å². The van der Waals surface area contributed by atoms with E-state index >= 15 is 0 Å². The van der Waals surface area contributed by atoms with Gasteiger partial charge in [0.25, 0.3) is 0 Å². The van der Waals surface area contributed by atoms with E-state index in [1.54, 1.807) is 0 Å². The fourth-order valence-corrected chi connectivity index (χ4v) is 3.09. The molecular formula is C18H31N3. The lowest BCUT2D eigenvalue weighted by atomic mass is 10.0. The van der Waals surface area contributed by atoms with Crippen molar-refractivity contribution in [3.8, 4) is 0 Å². The Morgan fingerprint density at radius 3 is 2.33 bits per heavy atom. The average molecular weight is 289 g/mol. The Hall–Kier alpha value is -1.06. The van der Waals surface area contributed by atoms with E-state index < -0.39 is 0 Å². The first-order chi connectivity index (χ1) is 10.1. The molecule has 0 aliphatic carbocycles. The van der Waals surface area contributed by atoms with E-state index in [1.807, 2.05) is 0 Å². The first-order valence-corrected chi connectivity index (χ1v) is 8.36. The van der Waals surface area contributed by atoms with Gasteiger partial charge in [0.05, 0.1) is 0 Å². The van der Waals surface area contributed by atoms with Gasteiger partial charge in [-0.1, -0.05) is 19.1 Å². The predicted octanol–water partition coefficient (Wildman–Crippen LogP) is 3.28. The predicted molar refractivity (Wildman–Crippen MR) is 92.1 cm³/mol. The van der Waals surface area contributed by atoms with Crippen molar-refractivity contribution in [2.24, 2.45) is 0 Å². The highest BCUT2D eigenvalue weighted by molar-refractivity contribution is 5.48. The van der Waals surface area contributed by atoms with Gasteiger partial charge in [0, 0.05) is 30.9 Å². The summed E-state index contributed by atoms with van der Waals surface area (Å²) in [5.41, 5.74) is 2.76. The molecule has 1 fully saturated rings. The van der Waals surface area contributed by atoms with E-state index in [2.05, 4.69) is 67.3 Å². The van der Waals surface area contributed by atoms with Crippen molar-refractivity contribution in [1.82, 2.24) is 10.2 Å². The topological polar surface area (TPSA) is 18.5 Å². The molecule has 1 heterocycles. The highest BCUT2D eigenvalue weighted by atomic mass is 15.2. The number of hydrogen-bond donors (Lipinski definition) is 1. The maximum Gasteiger partial charge on any atom is 0.0366 e. The van der Waals surface area contributed by atoms with Crippen molar-refractivity contribution < 1.29 is 0 Å². The largest absolute Gasteiger partial charge is 0.371 e. The zero-order valence-electron chi connectivity index (χ0n) is 14.1. The van der Waals surface area contributed by atoms with Crippen LogP contribution >= 0.6 is 0 Å². The summed E-state index contributed by atoms with van der Waals surface area (Å²) < 4.78 is 0. The molecule has 2 rings (SSSR count). The molecule has 0 spiro atoms. The molecule has 0 radical (unpaired) electrons. The van der Waals surface area contributed by atoms with E-state index in [4.69, 9.17) is 0 Å². The van der Waals surface area contributed by atoms with Gasteiger partial charge in [0.15, 0.2) is 0 Å². The van der Waals surface area contributed by atoms with Gasteiger partial charge in [-0.05, 0) is 64.5 Å². The van der Waals surface area contributed by atoms with Crippen molar-refractivity contribution in [1.29, 1.82) is 0 Å². The third-order valence-corrected chi connectivity index (χ3v) is 4.65. The fourth-order valence-electron chi connectivity index (χ4n) is 3.09. The van der Waals surface area contributed by atoms with Crippen molar-refractivity contribution >= 4 is 5.69 Å². The SMILES string of the molecule is CCCNC(C)c1ccc(N2CCC(N(C)C)CC2)cc1. The van der Waals surface area contributed by atoms with Gasteiger partial charge in [-0.2, -0.15) is 0 Å². The Balaban J connectivity index is 1.91. The van der Waals surface area contributed by atoms with Crippen molar-refractivity contribution in [3.05, 3.63) is 29.8 Å². The Morgan fingerprint density at radius 1 is 1.19 bits per heavy atom. The third kappa shape index (κ3) is 4.45. The minimum atomic E-state index is 0.443. The number of nitrogens with one attached hydrogen (secondary N) is 1. The monoisotopic (exact) mass is 289 g/mol. The van der Waals surface area contributed by atoms with Crippen LogP contribution in [-0.2, 0) is 0 Å². The molecule has 1 aliphatic rings. The molecule has 1 atom stereocenters. The summed E-state index contributed by atoms with van der Waals surface area (Å²) in [5.74, 6) is 0. The van der Waals surface area contributed by atoms with E-state index in [1.165, 1.54) is 43.6 Å². The van der Waals surface area contributed by atoms with Crippen molar-refractivity contribution in [3.63, 3.8) is 0 Å². The Morgan fingerprint density at radius 2 is 1.81 bits per heavy atom. The molecule has 0 aromatic heterocycles. The number of benzene rings is 1. The van der Waals surface area contributed by atoms with Crippen molar-refractivity contribution in [2.45, 2.75) is 45.2 Å². The van der Waals surface area contributed by atoms with Crippen LogP contribution in [0.1, 0.15) is 44.7 Å². The average Bonchev–Trinajstić information content (AvgIpc) is 2.53. The summed E-state index contributed by atoms with van der Waals surface area (Å²) in [6, 6.07) is 10.3. The summed E-state index contributed by atoms with van der Waals surface area (Å²) in [6.07, 6.45) is 3.72. The van der Waals surface area contributed by atoms with Gasteiger partial charge in [-0.15, -0.1) is 0 Å². The lowest BCUT2D eigenvalue weighted by molar-refractivity contribution is 0.249. The second-order valence-electron chi connectivity index (χ2n) is 6.45. The molecule has 1 unspecified atom stereocenters. The van der Waals surface area contributed by atoms with Gasteiger partial charge >= 0.3 is 0 Å². The molecule has 1 aromatic rings. The van der Waals surface area contributed by atoms with Crippen LogP contribution in [0.5, 0.6) is 0 Å². The smallest absolute Gasteiger partial charge is 0.0366 e. The molecule has 3 nitrogen and oxygen atoms in total. The van der Waals surface area contributed by atoms with Crippen LogP contribution < -0.4 is 10.2 Å². The normalized spacial score (nSPS) is 18.2. The quantitative estimate of drug-likeness (QED) is 0.867. The number of rotatable bonds is 6. The molecule has 3 heteroatoms. The van der Waals surface area contributed by atoms with Crippen LogP contribution in [0.3, 0.4) is 0 Å². The summed E-state index contributed by atoms with van der Waals surface area (Å²) in [6.45, 7) is 7.88. The highest BCUT2D eigenvalue weighted by Gasteiger charge is 2.20. The fraction of sp³-hybridized carbons (Fsp3) is 0.667. The van der Waals surface area contributed by atoms with Crippen LogP contribution in [0.25, 0.3) is 0 Å². The number of hydrogen-bond acceptors (Lipinski definition) is 3. The first kappa shape index (κ1) is 16.3. The number of nitrogens with zero attached hydrogens (tertiary/aromatic N) is 2. The van der Waals surface area contributed by atoms with E-state index in [-0.39, 0.29) is 0 Å². The lowest BCUT2D eigenvalue weighted by Gasteiger charge is -2.36. The number of anilines is 1. The summed E-state index contributed by atoms with van der Waals surface area (Å²) >= 11 is 0. The zero-order chi connectivity index (χ0) is 15.2. The second-order valence-corrected chi connectivity index (χ2v) is 6.45. The second kappa shape index (κ2) is 7.81. The number of piperidine rings is 1. The van der Waals surface area contributed by atoms with Gasteiger partial charge < -0.3 is 15.1 Å². The van der Waals surface area contributed by atoms with E-state index in [0.717, 1.165) is 12.6 Å². The van der Waals surface area contributed by atoms with Crippen LogP contribution in [0.2, 0.25) is 0 Å². The van der Waals surface area contributed by atoms with Gasteiger partial charge in [-0.25, -0.2) is 0 Å². The molecule has 1 saturated heterocycles. The maximum atomic E-state index is 3.55. The molecule has 21 heavy (non-hydrogen) atoms. The van der Waals surface area contributed by atoms with E-state index in [9.17, 15) is 0 Å². The Kier molecular flexibility index (Phi) is 6.07.